The van der Waals surface area contributed by atoms with Gasteiger partial charge < -0.3 is 0 Å². The number of nitrogens with zero attached hydrogens (tertiary/aromatic N) is 2. The van der Waals surface area contributed by atoms with Gasteiger partial charge in [0, 0.05) is 32.7 Å². The van der Waals surface area contributed by atoms with E-state index in [0.29, 0.717) is 10.6 Å². The molecule has 0 aliphatic heterocycles. The third-order valence-corrected chi connectivity index (χ3v) is 8.15. The molecule has 184 valence electrons. The summed E-state index contributed by atoms with van der Waals surface area (Å²) >= 11 is 18.5. The highest BCUT2D eigenvalue weighted by Gasteiger charge is 2.28. The molecular formula is C26H20Cl3N3O3S. The molecule has 4 rings (SSSR count). The molecule has 10 heteroatoms. The lowest BCUT2D eigenvalue weighted by Gasteiger charge is -2.22. The number of carbonyl (C=O) groups is 1. The average Bonchev–Trinajstić information content (AvgIpc) is 2.86. The van der Waals surface area contributed by atoms with Gasteiger partial charge in [0.25, 0.3) is 5.91 Å². The van der Waals surface area contributed by atoms with Crippen LogP contribution < -0.4 is 5.43 Å². The number of rotatable bonds is 8. The van der Waals surface area contributed by atoms with E-state index in [1.807, 2.05) is 42.5 Å². The first-order chi connectivity index (χ1) is 17.3. The zero-order chi connectivity index (χ0) is 25.7. The predicted molar refractivity (Wildman–Crippen MR) is 145 cm³/mol. The van der Waals surface area contributed by atoms with E-state index in [-0.39, 0.29) is 21.5 Å². The molecule has 0 unspecified atom stereocenters. The number of halogens is 3. The third-order valence-electron chi connectivity index (χ3n) is 5.38. The van der Waals surface area contributed by atoms with Crippen molar-refractivity contribution in [3.05, 3.63) is 111 Å². The molecule has 0 heterocycles. The molecule has 0 spiro atoms. The molecule has 1 N–H and O–H groups in total. The van der Waals surface area contributed by atoms with Gasteiger partial charge in [0.2, 0.25) is 10.0 Å². The van der Waals surface area contributed by atoms with E-state index in [1.165, 1.54) is 30.5 Å². The van der Waals surface area contributed by atoms with Crippen molar-refractivity contribution in [2.24, 2.45) is 5.10 Å². The van der Waals surface area contributed by atoms with Gasteiger partial charge in [-0.25, -0.2) is 13.8 Å². The SMILES string of the molecule is O=C(CN(Cc1c(Cl)cccc1Cl)S(=O)(=O)c1ccc(Cl)cc1)N/N=C\c1cccc2ccccc12. The highest BCUT2D eigenvalue weighted by molar-refractivity contribution is 7.89. The molecule has 36 heavy (non-hydrogen) atoms. The third kappa shape index (κ3) is 6.06. The highest BCUT2D eigenvalue weighted by Crippen LogP contribution is 2.28. The summed E-state index contributed by atoms with van der Waals surface area (Å²) in [6.45, 7) is -0.733. The zero-order valence-corrected chi connectivity index (χ0v) is 21.8. The van der Waals surface area contributed by atoms with Gasteiger partial charge in [0.15, 0.2) is 0 Å². The van der Waals surface area contributed by atoms with E-state index in [1.54, 1.807) is 18.2 Å². The minimum absolute atomic E-state index is 0.0258. The van der Waals surface area contributed by atoms with Crippen LogP contribution in [0.4, 0.5) is 0 Å². The van der Waals surface area contributed by atoms with Crippen molar-refractivity contribution in [2.45, 2.75) is 11.4 Å². The van der Waals surface area contributed by atoms with Gasteiger partial charge in [0.1, 0.15) is 0 Å². The molecule has 4 aromatic carbocycles. The summed E-state index contributed by atoms with van der Waals surface area (Å²) in [5.74, 6) is -0.632. The number of sulfonamides is 1. The van der Waals surface area contributed by atoms with Crippen LogP contribution in [0.25, 0.3) is 10.8 Å². The van der Waals surface area contributed by atoms with Crippen LogP contribution in [0.15, 0.2) is 94.9 Å². The molecule has 0 aliphatic rings. The van der Waals surface area contributed by atoms with Crippen molar-refractivity contribution in [3.63, 3.8) is 0 Å². The monoisotopic (exact) mass is 559 g/mol. The van der Waals surface area contributed by atoms with E-state index in [2.05, 4.69) is 10.5 Å². The van der Waals surface area contributed by atoms with Gasteiger partial charge in [-0.1, -0.05) is 83.3 Å². The lowest BCUT2D eigenvalue weighted by Crippen LogP contribution is -2.39. The van der Waals surface area contributed by atoms with Crippen molar-refractivity contribution < 1.29 is 13.2 Å². The Morgan fingerprint density at radius 2 is 1.50 bits per heavy atom. The quantitative estimate of drug-likeness (QED) is 0.208. The van der Waals surface area contributed by atoms with Gasteiger partial charge >= 0.3 is 0 Å². The Kier molecular flexibility index (Phi) is 8.28. The number of nitrogens with one attached hydrogen (secondary N) is 1. The Bertz CT molecular complexity index is 1520. The fourth-order valence-electron chi connectivity index (χ4n) is 3.57. The Morgan fingerprint density at radius 3 is 2.22 bits per heavy atom. The molecule has 0 aliphatic carbocycles. The minimum atomic E-state index is -4.11. The fourth-order valence-corrected chi connectivity index (χ4v) is 5.58. The molecule has 0 radical (unpaired) electrons. The Morgan fingerprint density at radius 1 is 0.861 bits per heavy atom. The van der Waals surface area contributed by atoms with Crippen molar-refractivity contribution in [1.29, 1.82) is 0 Å². The molecule has 0 fully saturated rings. The van der Waals surface area contributed by atoms with E-state index < -0.39 is 22.5 Å². The van der Waals surface area contributed by atoms with E-state index in [9.17, 15) is 13.2 Å². The van der Waals surface area contributed by atoms with Crippen LogP contribution in [-0.2, 0) is 21.4 Å². The largest absolute Gasteiger partial charge is 0.272 e. The number of hydrazone groups is 1. The molecule has 0 saturated heterocycles. The maximum absolute atomic E-state index is 13.4. The van der Waals surface area contributed by atoms with Crippen molar-refractivity contribution in [1.82, 2.24) is 9.73 Å². The van der Waals surface area contributed by atoms with E-state index in [0.717, 1.165) is 20.6 Å². The number of carbonyl (C=O) groups excluding carboxylic acids is 1. The normalized spacial score (nSPS) is 11.9. The lowest BCUT2D eigenvalue weighted by molar-refractivity contribution is -0.121. The first kappa shape index (κ1) is 26.1. The minimum Gasteiger partial charge on any atom is -0.272 e. The molecule has 0 saturated carbocycles. The summed E-state index contributed by atoms with van der Waals surface area (Å²) in [6.07, 6.45) is 1.52. The standard InChI is InChI=1S/C26H20Cl3N3O3S/c27-20-11-13-21(14-12-20)36(34,35)32(16-23-24(28)9-4-10-25(23)29)17-26(33)31-30-15-19-7-3-6-18-5-1-2-8-22(18)19/h1-15H,16-17H2,(H,31,33)/b30-15-. The second-order valence-electron chi connectivity index (χ2n) is 7.79. The first-order valence-corrected chi connectivity index (χ1v) is 13.3. The zero-order valence-electron chi connectivity index (χ0n) is 18.7. The van der Waals surface area contributed by atoms with Gasteiger partial charge in [-0.2, -0.15) is 9.41 Å². The van der Waals surface area contributed by atoms with Crippen LogP contribution in [0.2, 0.25) is 15.1 Å². The second-order valence-corrected chi connectivity index (χ2v) is 11.0. The van der Waals surface area contributed by atoms with E-state index >= 15 is 0 Å². The number of amides is 1. The molecule has 0 atom stereocenters. The number of benzene rings is 4. The number of hydrogen-bond donors (Lipinski definition) is 1. The topological polar surface area (TPSA) is 78.8 Å². The van der Waals surface area contributed by atoms with Crippen molar-refractivity contribution in [2.75, 3.05) is 6.54 Å². The van der Waals surface area contributed by atoms with Crippen LogP contribution in [0.3, 0.4) is 0 Å². The Balaban J connectivity index is 1.58. The summed E-state index contributed by atoms with van der Waals surface area (Å²) < 4.78 is 27.8. The molecule has 4 aromatic rings. The van der Waals surface area contributed by atoms with E-state index in [4.69, 9.17) is 34.8 Å². The molecule has 1 amide bonds. The number of fused-ring (bicyclic) bond motifs is 1. The van der Waals surface area contributed by atoms with Crippen LogP contribution in [0.5, 0.6) is 0 Å². The summed E-state index contributed by atoms with van der Waals surface area (Å²) in [5.41, 5.74) is 3.60. The van der Waals surface area contributed by atoms with Crippen LogP contribution >= 0.6 is 34.8 Å². The van der Waals surface area contributed by atoms with Crippen molar-refractivity contribution in [3.8, 4) is 0 Å². The predicted octanol–water partition coefficient (Wildman–Crippen LogP) is 6.14. The van der Waals surface area contributed by atoms with Gasteiger partial charge in [-0.15, -0.1) is 0 Å². The maximum atomic E-state index is 13.4. The summed E-state index contributed by atoms with van der Waals surface area (Å²) in [6, 6.07) is 24.0. The average molecular weight is 561 g/mol. The molecule has 0 aromatic heterocycles. The number of hydrogen-bond acceptors (Lipinski definition) is 4. The Labute approximate surface area is 224 Å². The smallest absolute Gasteiger partial charge is 0.255 e. The first-order valence-electron chi connectivity index (χ1n) is 10.7. The van der Waals surface area contributed by atoms with Crippen LogP contribution in [0, 0.1) is 0 Å². The molecule has 6 nitrogen and oxygen atoms in total. The summed E-state index contributed by atoms with van der Waals surface area (Å²) in [4.78, 5) is 12.8. The van der Waals surface area contributed by atoms with Gasteiger partial charge in [-0.3, -0.25) is 4.79 Å². The fraction of sp³-hybridized carbons (Fsp3) is 0.0769. The lowest BCUT2D eigenvalue weighted by atomic mass is 10.1. The summed E-state index contributed by atoms with van der Waals surface area (Å²) in [7, 11) is -4.11. The van der Waals surface area contributed by atoms with Crippen LogP contribution in [0.1, 0.15) is 11.1 Å². The second kappa shape index (κ2) is 11.4. The van der Waals surface area contributed by atoms with Gasteiger partial charge in [-0.05, 0) is 47.2 Å². The van der Waals surface area contributed by atoms with Gasteiger partial charge in [0.05, 0.1) is 17.7 Å². The maximum Gasteiger partial charge on any atom is 0.255 e. The Hall–Kier alpha value is -2.94. The molecular weight excluding hydrogens is 541 g/mol. The summed E-state index contributed by atoms with van der Waals surface area (Å²) in [5, 5.41) is 7.00. The molecule has 0 bridgehead atoms. The van der Waals surface area contributed by atoms with Crippen LogP contribution in [-0.4, -0.2) is 31.4 Å². The van der Waals surface area contributed by atoms with Crippen molar-refractivity contribution >= 4 is 67.7 Å². The highest BCUT2D eigenvalue weighted by atomic mass is 35.5.